The fraction of sp³-hybridized carbons (Fsp3) is 0.562. The second-order valence-electron chi connectivity index (χ2n) is 4.62. The number of nitrogens with zero attached hydrogens (tertiary/aromatic N) is 1. The molecule has 1 aromatic carbocycles. The Morgan fingerprint density at radius 1 is 1.19 bits per heavy atom. The Hall–Kier alpha value is -1.75. The topological polar surface area (TPSA) is 50.8 Å². The highest BCUT2D eigenvalue weighted by Gasteiger charge is 2.12. The van der Waals surface area contributed by atoms with Gasteiger partial charge in [0.05, 0.1) is 7.11 Å². The van der Waals surface area contributed by atoms with Crippen molar-refractivity contribution in [3.63, 3.8) is 0 Å². The van der Waals surface area contributed by atoms with Gasteiger partial charge in [0.15, 0.2) is 18.1 Å². The first-order valence-electron chi connectivity index (χ1n) is 7.44. The van der Waals surface area contributed by atoms with Crippen LogP contribution in [0.3, 0.4) is 0 Å². The van der Waals surface area contributed by atoms with Crippen LogP contribution < -0.4 is 14.8 Å². The summed E-state index contributed by atoms with van der Waals surface area (Å²) >= 11 is 0. The Morgan fingerprint density at radius 2 is 1.90 bits per heavy atom. The number of benzene rings is 1. The van der Waals surface area contributed by atoms with Gasteiger partial charge < -0.3 is 19.7 Å². The van der Waals surface area contributed by atoms with Gasteiger partial charge in [-0.15, -0.1) is 0 Å². The van der Waals surface area contributed by atoms with E-state index < -0.39 is 0 Å². The van der Waals surface area contributed by atoms with Crippen molar-refractivity contribution < 1.29 is 14.3 Å². The lowest BCUT2D eigenvalue weighted by molar-refractivity contribution is -0.132. The van der Waals surface area contributed by atoms with E-state index in [1.807, 2.05) is 32.0 Å². The van der Waals surface area contributed by atoms with Crippen molar-refractivity contribution in [2.75, 3.05) is 33.4 Å². The normalized spacial score (nSPS) is 10.3. The van der Waals surface area contributed by atoms with Gasteiger partial charge in [0, 0.05) is 19.6 Å². The lowest BCUT2D eigenvalue weighted by Gasteiger charge is -2.19. The number of rotatable bonds is 9. The number of likely N-dealkylation sites (N-methyl/N-ethyl adjacent to an activating group) is 1. The number of hydrogen-bond donors (Lipinski definition) is 1. The largest absolute Gasteiger partial charge is 0.493 e. The lowest BCUT2D eigenvalue weighted by atomic mass is 10.2. The number of nitrogens with one attached hydrogen (secondary N) is 1. The van der Waals surface area contributed by atoms with Gasteiger partial charge >= 0.3 is 0 Å². The summed E-state index contributed by atoms with van der Waals surface area (Å²) in [6.45, 7) is 9.09. The van der Waals surface area contributed by atoms with E-state index in [4.69, 9.17) is 9.47 Å². The maximum absolute atomic E-state index is 11.9. The van der Waals surface area contributed by atoms with Crippen LogP contribution >= 0.6 is 0 Å². The van der Waals surface area contributed by atoms with E-state index in [9.17, 15) is 4.79 Å². The van der Waals surface area contributed by atoms with Gasteiger partial charge in [-0.1, -0.05) is 13.0 Å². The maximum atomic E-state index is 11.9. The van der Waals surface area contributed by atoms with Crippen molar-refractivity contribution in [1.29, 1.82) is 0 Å². The summed E-state index contributed by atoms with van der Waals surface area (Å²) in [7, 11) is 1.60. The molecule has 0 saturated carbocycles. The second kappa shape index (κ2) is 9.23. The van der Waals surface area contributed by atoms with Crippen LogP contribution in [-0.2, 0) is 11.3 Å². The van der Waals surface area contributed by atoms with Crippen LogP contribution in [0.25, 0.3) is 0 Å². The smallest absolute Gasteiger partial charge is 0.260 e. The molecule has 1 rings (SSSR count). The van der Waals surface area contributed by atoms with Gasteiger partial charge in [-0.3, -0.25) is 4.79 Å². The number of hydrogen-bond acceptors (Lipinski definition) is 4. The molecule has 1 amide bonds. The van der Waals surface area contributed by atoms with Gasteiger partial charge in [0.1, 0.15) is 0 Å². The first-order chi connectivity index (χ1) is 10.2. The van der Waals surface area contributed by atoms with Crippen molar-refractivity contribution in [1.82, 2.24) is 10.2 Å². The van der Waals surface area contributed by atoms with Crippen molar-refractivity contribution in [2.45, 2.75) is 27.3 Å². The third-order valence-corrected chi connectivity index (χ3v) is 3.27. The average Bonchev–Trinajstić information content (AvgIpc) is 2.52. The molecular formula is C16H26N2O3. The number of carbonyl (C=O) groups is 1. The highest BCUT2D eigenvalue weighted by Crippen LogP contribution is 2.28. The van der Waals surface area contributed by atoms with Crippen LogP contribution in [0.5, 0.6) is 11.5 Å². The Balaban J connectivity index is 2.68. The molecule has 0 aliphatic heterocycles. The zero-order valence-electron chi connectivity index (χ0n) is 13.4. The average molecular weight is 294 g/mol. The summed E-state index contributed by atoms with van der Waals surface area (Å²) < 4.78 is 10.9. The van der Waals surface area contributed by atoms with Crippen LogP contribution in [-0.4, -0.2) is 44.2 Å². The molecule has 21 heavy (non-hydrogen) atoms. The van der Waals surface area contributed by atoms with E-state index in [-0.39, 0.29) is 12.5 Å². The summed E-state index contributed by atoms with van der Waals surface area (Å²) in [5.74, 6) is 1.23. The van der Waals surface area contributed by atoms with Crippen LogP contribution in [0.2, 0.25) is 0 Å². The maximum Gasteiger partial charge on any atom is 0.260 e. The van der Waals surface area contributed by atoms with Gasteiger partial charge in [-0.05, 0) is 38.1 Å². The zero-order chi connectivity index (χ0) is 15.7. The molecular weight excluding hydrogens is 268 g/mol. The SMILES string of the molecule is CCNCc1ccc(OCC(=O)N(CC)CC)c(OC)c1. The molecule has 0 aromatic heterocycles. The molecule has 0 saturated heterocycles. The Morgan fingerprint density at radius 3 is 2.48 bits per heavy atom. The van der Waals surface area contributed by atoms with Crippen LogP contribution in [0.4, 0.5) is 0 Å². The number of ether oxygens (including phenoxy) is 2. The molecule has 0 aliphatic carbocycles. The van der Waals surface area contributed by atoms with Gasteiger partial charge in [0.2, 0.25) is 0 Å². The second-order valence-corrected chi connectivity index (χ2v) is 4.62. The summed E-state index contributed by atoms with van der Waals surface area (Å²) in [5, 5.41) is 3.26. The van der Waals surface area contributed by atoms with E-state index in [1.54, 1.807) is 12.0 Å². The number of methoxy groups -OCH3 is 1. The van der Waals surface area contributed by atoms with Crippen molar-refractivity contribution in [2.24, 2.45) is 0 Å². The van der Waals surface area contributed by atoms with Crippen LogP contribution in [0.1, 0.15) is 26.3 Å². The summed E-state index contributed by atoms with van der Waals surface area (Å²) in [6, 6.07) is 5.75. The van der Waals surface area contributed by atoms with Crippen molar-refractivity contribution >= 4 is 5.91 Å². The molecule has 0 spiro atoms. The third kappa shape index (κ3) is 5.27. The van der Waals surface area contributed by atoms with E-state index in [0.29, 0.717) is 24.6 Å². The van der Waals surface area contributed by atoms with E-state index >= 15 is 0 Å². The molecule has 1 N–H and O–H groups in total. The molecule has 5 nitrogen and oxygen atoms in total. The van der Waals surface area contributed by atoms with E-state index in [0.717, 1.165) is 18.7 Å². The first-order valence-corrected chi connectivity index (χ1v) is 7.44. The highest BCUT2D eigenvalue weighted by molar-refractivity contribution is 5.77. The highest BCUT2D eigenvalue weighted by atomic mass is 16.5. The van der Waals surface area contributed by atoms with Gasteiger partial charge in [-0.25, -0.2) is 0 Å². The standard InChI is InChI=1S/C16H26N2O3/c1-5-17-11-13-8-9-14(15(10-13)20-4)21-12-16(19)18(6-2)7-3/h8-10,17H,5-7,11-12H2,1-4H3. The minimum absolute atomic E-state index is 0.0150. The molecule has 5 heteroatoms. The third-order valence-electron chi connectivity index (χ3n) is 3.27. The zero-order valence-corrected chi connectivity index (χ0v) is 13.4. The molecule has 1 aromatic rings. The fourth-order valence-electron chi connectivity index (χ4n) is 2.02. The van der Waals surface area contributed by atoms with Gasteiger partial charge in [0.25, 0.3) is 5.91 Å². The first kappa shape index (κ1) is 17.3. The molecule has 0 bridgehead atoms. The number of carbonyl (C=O) groups excluding carboxylic acids is 1. The van der Waals surface area contributed by atoms with E-state index in [1.165, 1.54) is 0 Å². The van der Waals surface area contributed by atoms with Crippen LogP contribution in [0.15, 0.2) is 18.2 Å². The lowest BCUT2D eigenvalue weighted by Crippen LogP contribution is -2.34. The Kier molecular flexibility index (Phi) is 7.61. The predicted octanol–water partition coefficient (Wildman–Crippen LogP) is 2.05. The summed E-state index contributed by atoms with van der Waals surface area (Å²) in [5.41, 5.74) is 1.12. The molecule has 0 unspecified atom stereocenters. The molecule has 0 heterocycles. The fourth-order valence-corrected chi connectivity index (χ4v) is 2.02. The quantitative estimate of drug-likeness (QED) is 0.757. The molecule has 118 valence electrons. The monoisotopic (exact) mass is 294 g/mol. The molecule has 0 fully saturated rings. The minimum Gasteiger partial charge on any atom is -0.493 e. The minimum atomic E-state index is -0.0150. The number of amides is 1. The summed E-state index contributed by atoms with van der Waals surface area (Å²) in [4.78, 5) is 13.7. The molecule has 0 aliphatic rings. The van der Waals surface area contributed by atoms with Crippen molar-refractivity contribution in [3.05, 3.63) is 23.8 Å². The predicted molar refractivity (Wildman–Crippen MR) is 83.8 cm³/mol. The summed E-state index contributed by atoms with van der Waals surface area (Å²) in [6.07, 6.45) is 0. The van der Waals surface area contributed by atoms with Crippen molar-refractivity contribution in [3.8, 4) is 11.5 Å². The Labute approximate surface area is 127 Å². The van der Waals surface area contributed by atoms with E-state index in [2.05, 4.69) is 12.2 Å². The van der Waals surface area contributed by atoms with Crippen LogP contribution in [0, 0.1) is 0 Å². The molecule has 0 radical (unpaired) electrons. The Bertz CT molecular complexity index is 445. The molecule has 0 atom stereocenters. The van der Waals surface area contributed by atoms with Gasteiger partial charge in [-0.2, -0.15) is 0 Å².